The predicted molar refractivity (Wildman–Crippen MR) is 52.6 cm³/mol. The third kappa shape index (κ3) is 5.87. The van der Waals surface area contributed by atoms with Crippen molar-refractivity contribution in [1.82, 2.24) is 4.98 Å². The summed E-state index contributed by atoms with van der Waals surface area (Å²) in [6.45, 7) is -2.55. The van der Waals surface area contributed by atoms with Crippen molar-refractivity contribution < 1.29 is 35.9 Å². The van der Waals surface area contributed by atoms with Crippen LogP contribution in [0.25, 0.3) is 0 Å². The average Bonchev–Trinajstić information content (AvgIpc) is 2.63. The van der Waals surface area contributed by atoms with Crippen molar-refractivity contribution >= 4 is 22.4 Å². The van der Waals surface area contributed by atoms with Gasteiger partial charge in [0.25, 0.3) is 5.91 Å². The molecule has 0 saturated heterocycles. The Bertz CT molecular complexity index is 441. The molecule has 1 amide bonds. The highest BCUT2D eigenvalue weighted by atomic mass is 32.1. The molecule has 11 heteroatoms. The number of hydrogen-bond acceptors (Lipinski definition) is 4. The molecular formula is C8H6F6N2O2S. The maximum absolute atomic E-state index is 12.2. The van der Waals surface area contributed by atoms with Gasteiger partial charge in [-0.05, 0) is 0 Å². The van der Waals surface area contributed by atoms with Gasteiger partial charge in [-0.25, -0.2) is 4.98 Å². The van der Waals surface area contributed by atoms with Gasteiger partial charge < -0.3 is 4.74 Å². The van der Waals surface area contributed by atoms with E-state index in [1.54, 1.807) is 0 Å². The Hall–Kier alpha value is -1.36. The lowest BCUT2D eigenvalue weighted by Crippen LogP contribution is -2.24. The monoisotopic (exact) mass is 308 g/mol. The molecule has 19 heavy (non-hydrogen) atoms. The number of carbonyl (C=O) groups is 1. The molecule has 1 rings (SSSR count). The summed E-state index contributed by atoms with van der Waals surface area (Å²) < 4.78 is 75.5. The number of aromatic nitrogens is 1. The minimum absolute atomic E-state index is 0.368. The van der Waals surface area contributed by atoms with Gasteiger partial charge >= 0.3 is 12.4 Å². The van der Waals surface area contributed by atoms with Crippen molar-refractivity contribution in [2.24, 2.45) is 0 Å². The molecule has 0 atom stereocenters. The smallest absolute Gasteiger partial charge is 0.362 e. The number of rotatable bonds is 4. The molecule has 0 aliphatic rings. The van der Waals surface area contributed by atoms with Crippen LogP contribution in [0, 0.1) is 0 Å². The molecule has 1 heterocycles. The molecular weight excluding hydrogens is 302 g/mol. The lowest BCUT2D eigenvalue weighted by molar-refractivity contribution is -0.174. The molecule has 0 aliphatic carbocycles. The normalized spacial score (nSPS) is 12.5. The molecule has 0 fully saturated rings. The van der Waals surface area contributed by atoms with Gasteiger partial charge in [0.2, 0.25) is 0 Å². The minimum atomic E-state index is -4.65. The molecule has 1 aromatic rings. The fourth-order valence-electron chi connectivity index (χ4n) is 0.876. The van der Waals surface area contributed by atoms with Crippen LogP contribution >= 0.6 is 11.3 Å². The van der Waals surface area contributed by atoms with E-state index in [1.807, 2.05) is 5.32 Å². The highest BCUT2D eigenvalue weighted by molar-refractivity contribution is 7.13. The summed E-state index contributed by atoms with van der Waals surface area (Å²) in [7, 11) is 0. The van der Waals surface area contributed by atoms with Crippen molar-refractivity contribution in [3.63, 3.8) is 0 Å². The largest absolute Gasteiger partial charge is 0.434 e. The molecule has 0 saturated carbocycles. The molecule has 0 unspecified atom stereocenters. The first-order valence-electron chi connectivity index (χ1n) is 4.55. The first-order valence-corrected chi connectivity index (χ1v) is 5.43. The summed E-state index contributed by atoms with van der Waals surface area (Å²) in [5.74, 6) is -1.02. The summed E-state index contributed by atoms with van der Waals surface area (Å²) in [6, 6.07) is 0. The molecule has 108 valence electrons. The Morgan fingerprint density at radius 2 is 1.95 bits per heavy atom. The van der Waals surface area contributed by atoms with Gasteiger partial charge in [0.1, 0.15) is 13.2 Å². The van der Waals surface area contributed by atoms with Crippen molar-refractivity contribution in [3.05, 3.63) is 11.1 Å². The Morgan fingerprint density at radius 1 is 1.32 bits per heavy atom. The van der Waals surface area contributed by atoms with Crippen LogP contribution in [0.4, 0.5) is 31.5 Å². The molecule has 0 bridgehead atoms. The molecule has 0 aromatic carbocycles. The van der Waals surface area contributed by atoms with E-state index in [0.717, 1.165) is 0 Å². The second-order valence-electron chi connectivity index (χ2n) is 3.19. The van der Waals surface area contributed by atoms with Crippen LogP contribution in [0.5, 0.6) is 0 Å². The quantitative estimate of drug-likeness (QED) is 0.870. The zero-order valence-corrected chi connectivity index (χ0v) is 9.75. The fourth-order valence-corrected chi connectivity index (χ4v) is 1.61. The van der Waals surface area contributed by atoms with E-state index < -0.39 is 37.2 Å². The number of nitrogens with one attached hydrogen (secondary N) is 1. The number of alkyl halides is 6. The number of ether oxygens (including phenoxy) is 1. The van der Waals surface area contributed by atoms with Crippen LogP contribution in [-0.4, -0.2) is 30.3 Å². The van der Waals surface area contributed by atoms with Gasteiger partial charge in [0.05, 0.1) is 0 Å². The number of amides is 1. The molecule has 1 aromatic heterocycles. The number of thiazole rings is 1. The second kappa shape index (κ2) is 5.74. The Balaban J connectivity index is 2.43. The SMILES string of the molecule is O=C(COCC(F)(F)F)Nc1nc(C(F)(F)F)cs1. The van der Waals surface area contributed by atoms with E-state index in [0.29, 0.717) is 16.7 Å². The van der Waals surface area contributed by atoms with Crippen molar-refractivity contribution in [3.8, 4) is 0 Å². The lowest BCUT2D eigenvalue weighted by Gasteiger charge is -2.06. The molecule has 0 aliphatic heterocycles. The molecule has 0 spiro atoms. The third-order valence-electron chi connectivity index (χ3n) is 1.54. The fraction of sp³-hybridized carbons (Fsp3) is 0.500. The Kier molecular flexibility index (Phi) is 4.74. The van der Waals surface area contributed by atoms with E-state index in [1.165, 1.54) is 0 Å². The first kappa shape index (κ1) is 15.7. The van der Waals surface area contributed by atoms with Gasteiger partial charge in [0.15, 0.2) is 10.8 Å². The zero-order chi connectivity index (χ0) is 14.7. The number of hydrogen-bond donors (Lipinski definition) is 1. The van der Waals surface area contributed by atoms with Crippen molar-refractivity contribution in [2.75, 3.05) is 18.5 Å². The number of nitrogens with zero attached hydrogens (tertiary/aromatic N) is 1. The van der Waals surface area contributed by atoms with E-state index in [4.69, 9.17) is 0 Å². The van der Waals surface area contributed by atoms with Crippen LogP contribution < -0.4 is 5.32 Å². The number of anilines is 1. The van der Waals surface area contributed by atoms with Gasteiger partial charge in [-0.15, -0.1) is 11.3 Å². The van der Waals surface area contributed by atoms with Crippen molar-refractivity contribution in [1.29, 1.82) is 0 Å². The Labute approximate surface area is 106 Å². The van der Waals surface area contributed by atoms with E-state index >= 15 is 0 Å². The minimum Gasteiger partial charge on any atom is -0.362 e. The van der Waals surface area contributed by atoms with Gasteiger partial charge in [-0.2, -0.15) is 26.3 Å². The van der Waals surface area contributed by atoms with E-state index in [-0.39, 0.29) is 5.13 Å². The summed E-state index contributed by atoms with van der Waals surface area (Å²) >= 11 is 0.503. The van der Waals surface area contributed by atoms with Crippen LogP contribution in [0.2, 0.25) is 0 Å². The summed E-state index contributed by atoms with van der Waals surface area (Å²) in [5, 5.41) is 2.20. The zero-order valence-electron chi connectivity index (χ0n) is 8.93. The van der Waals surface area contributed by atoms with Crippen LogP contribution in [-0.2, 0) is 15.7 Å². The van der Waals surface area contributed by atoms with Gasteiger partial charge in [-0.3, -0.25) is 10.1 Å². The molecule has 0 radical (unpaired) electrons. The first-order chi connectivity index (χ1) is 8.58. The lowest BCUT2D eigenvalue weighted by atomic mass is 10.5. The van der Waals surface area contributed by atoms with Crippen LogP contribution in [0.3, 0.4) is 0 Å². The third-order valence-corrected chi connectivity index (χ3v) is 2.30. The Morgan fingerprint density at radius 3 is 2.42 bits per heavy atom. The second-order valence-corrected chi connectivity index (χ2v) is 4.05. The van der Waals surface area contributed by atoms with E-state index in [9.17, 15) is 31.1 Å². The highest BCUT2D eigenvalue weighted by Crippen LogP contribution is 2.31. The predicted octanol–water partition coefficient (Wildman–Crippen LogP) is 2.68. The topological polar surface area (TPSA) is 51.2 Å². The van der Waals surface area contributed by atoms with Gasteiger partial charge in [0, 0.05) is 5.38 Å². The number of halogens is 6. The highest BCUT2D eigenvalue weighted by Gasteiger charge is 2.34. The summed E-state index contributed by atoms with van der Waals surface area (Å²) in [5.41, 5.74) is -1.19. The standard InChI is InChI=1S/C8H6F6N2O2S/c9-7(10,11)3-18-1-5(17)16-6-15-4(2-19-6)8(12,13)14/h2H,1,3H2,(H,15,16,17). The maximum Gasteiger partial charge on any atom is 0.434 e. The molecule has 4 nitrogen and oxygen atoms in total. The van der Waals surface area contributed by atoms with E-state index in [2.05, 4.69) is 9.72 Å². The average molecular weight is 308 g/mol. The number of carbonyl (C=O) groups excluding carboxylic acids is 1. The summed E-state index contributed by atoms with van der Waals surface area (Å²) in [6.07, 6.45) is -9.23. The summed E-state index contributed by atoms with van der Waals surface area (Å²) in [4.78, 5) is 14.1. The maximum atomic E-state index is 12.2. The van der Waals surface area contributed by atoms with Crippen molar-refractivity contribution in [2.45, 2.75) is 12.4 Å². The van der Waals surface area contributed by atoms with Crippen LogP contribution in [0.15, 0.2) is 5.38 Å². The van der Waals surface area contributed by atoms with Gasteiger partial charge in [-0.1, -0.05) is 0 Å². The van der Waals surface area contributed by atoms with Crippen LogP contribution in [0.1, 0.15) is 5.69 Å². The molecule has 1 N–H and O–H groups in total.